The Morgan fingerprint density at radius 3 is 2.67 bits per heavy atom. The van der Waals surface area contributed by atoms with Gasteiger partial charge in [0.05, 0.1) is 24.5 Å². The molecule has 1 aromatic heterocycles. The second kappa shape index (κ2) is 5.18. The Kier molecular flexibility index (Phi) is 3.90. The third-order valence-electron chi connectivity index (χ3n) is 1.37. The van der Waals surface area contributed by atoms with Gasteiger partial charge in [0.25, 0.3) is 6.43 Å². The highest BCUT2D eigenvalue weighted by molar-refractivity contribution is 5.69. The summed E-state index contributed by atoms with van der Waals surface area (Å²) in [4.78, 5) is 17.6. The van der Waals surface area contributed by atoms with Crippen LogP contribution in [0.4, 0.5) is 8.78 Å². The van der Waals surface area contributed by atoms with Crippen LogP contribution in [0.1, 0.15) is 5.69 Å². The van der Waals surface area contributed by atoms with Crippen molar-refractivity contribution >= 4 is 5.97 Å². The van der Waals surface area contributed by atoms with E-state index in [1.54, 1.807) is 0 Å². The van der Waals surface area contributed by atoms with Crippen LogP contribution in [-0.2, 0) is 11.2 Å². The van der Waals surface area contributed by atoms with Gasteiger partial charge in [-0.05, 0) is 0 Å². The zero-order valence-electron chi connectivity index (χ0n) is 7.56. The van der Waals surface area contributed by atoms with E-state index in [1.165, 1.54) is 6.20 Å². The second-order valence-electron chi connectivity index (χ2n) is 2.62. The van der Waals surface area contributed by atoms with E-state index in [0.717, 1.165) is 6.20 Å². The van der Waals surface area contributed by atoms with E-state index in [0.29, 0.717) is 0 Å². The van der Waals surface area contributed by atoms with Gasteiger partial charge in [-0.25, -0.2) is 13.8 Å². The van der Waals surface area contributed by atoms with Gasteiger partial charge in [-0.1, -0.05) is 0 Å². The molecule has 15 heavy (non-hydrogen) atoms. The summed E-state index contributed by atoms with van der Waals surface area (Å²) in [6, 6.07) is 0. The first-order chi connectivity index (χ1) is 7.08. The lowest BCUT2D eigenvalue weighted by Gasteiger charge is -2.03. The van der Waals surface area contributed by atoms with Crippen molar-refractivity contribution in [2.45, 2.75) is 12.8 Å². The highest BCUT2D eigenvalue weighted by Crippen LogP contribution is 2.06. The molecule has 0 atom stereocenters. The molecule has 0 bridgehead atoms. The highest BCUT2D eigenvalue weighted by Gasteiger charge is 2.06. The number of carboxylic acid groups (broad SMARTS) is 1. The summed E-state index contributed by atoms with van der Waals surface area (Å²) in [5.74, 6) is -1.09. The largest absolute Gasteiger partial charge is 0.481 e. The summed E-state index contributed by atoms with van der Waals surface area (Å²) >= 11 is 0. The van der Waals surface area contributed by atoms with E-state index < -0.39 is 19.0 Å². The molecule has 1 aromatic rings. The molecule has 0 aliphatic rings. The van der Waals surface area contributed by atoms with Crippen LogP contribution in [-0.4, -0.2) is 34.1 Å². The van der Waals surface area contributed by atoms with Gasteiger partial charge in [-0.3, -0.25) is 9.78 Å². The lowest BCUT2D eigenvalue weighted by Crippen LogP contribution is -2.09. The molecule has 82 valence electrons. The molecule has 5 nitrogen and oxygen atoms in total. The van der Waals surface area contributed by atoms with Gasteiger partial charge in [-0.15, -0.1) is 0 Å². The molecule has 1 N–H and O–H groups in total. The lowest BCUT2D eigenvalue weighted by molar-refractivity contribution is -0.136. The van der Waals surface area contributed by atoms with Crippen LogP contribution in [0.2, 0.25) is 0 Å². The SMILES string of the molecule is O=C(O)Cc1cnc(OCC(F)F)cn1. The molecule has 1 rings (SSSR count). The van der Waals surface area contributed by atoms with E-state index in [2.05, 4.69) is 14.7 Å². The molecule has 0 saturated carbocycles. The number of rotatable bonds is 5. The summed E-state index contributed by atoms with van der Waals surface area (Å²) in [5, 5.41) is 8.41. The number of halogens is 2. The Morgan fingerprint density at radius 1 is 1.47 bits per heavy atom. The Labute approximate surface area is 83.7 Å². The summed E-state index contributed by atoms with van der Waals surface area (Å²) < 4.78 is 28.0. The van der Waals surface area contributed by atoms with Gasteiger partial charge in [0, 0.05) is 0 Å². The quantitative estimate of drug-likeness (QED) is 0.789. The zero-order chi connectivity index (χ0) is 11.3. The highest BCUT2D eigenvalue weighted by atomic mass is 19.3. The van der Waals surface area contributed by atoms with Crippen molar-refractivity contribution in [1.82, 2.24) is 9.97 Å². The fraction of sp³-hybridized carbons (Fsp3) is 0.375. The van der Waals surface area contributed by atoms with Gasteiger partial charge in [0.2, 0.25) is 5.88 Å². The third kappa shape index (κ3) is 4.30. The number of carbonyl (C=O) groups is 1. The smallest absolute Gasteiger partial charge is 0.309 e. The molecule has 0 aromatic carbocycles. The fourth-order valence-electron chi connectivity index (χ4n) is 0.812. The number of ether oxygens (including phenoxy) is 1. The molecule has 7 heteroatoms. The van der Waals surface area contributed by atoms with Crippen LogP contribution < -0.4 is 4.74 Å². The number of alkyl halides is 2. The second-order valence-corrected chi connectivity index (χ2v) is 2.62. The topological polar surface area (TPSA) is 72.3 Å². The molecule has 0 unspecified atom stereocenters. The number of nitrogens with zero attached hydrogens (tertiary/aromatic N) is 2. The van der Waals surface area contributed by atoms with Crippen LogP contribution in [0.15, 0.2) is 12.4 Å². The number of aromatic nitrogens is 2. The van der Waals surface area contributed by atoms with Gasteiger partial charge in [-0.2, -0.15) is 0 Å². The number of hydrogen-bond donors (Lipinski definition) is 1. The predicted octanol–water partition coefficient (Wildman–Crippen LogP) is 0.748. The minimum atomic E-state index is -2.58. The predicted molar refractivity (Wildman–Crippen MR) is 44.9 cm³/mol. The Morgan fingerprint density at radius 2 is 2.20 bits per heavy atom. The van der Waals surface area contributed by atoms with Crippen molar-refractivity contribution < 1.29 is 23.4 Å². The number of aliphatic carboxylic acids is 1. The molecule has 0 spiro atoms. The maximum atomic E-state index is 11.7. The molecule has 0 amide bonds. The van der Waals surface area contributed by atoms with Crippen molar-refractivity contribution in [1.29, 1.82) is 0 Å². The third-order valence-corrected chi connectivity index (χ3v) is 1.37. The maximum Gasteiger partial charge on any atom is 0.309 e. The lowest BCUT2D eigenvalue weighted by atomic mass is 10.3. The van der Waals surface area contributed by atoms with E-state index in [-0.39, 0.29) is 18.0 Å². The van der Waals surface area contributed by atoms with Gasteiger partial charge >= 0.3 is 5.97 Å². The summed E-state index contributed by atoms with van der Waals surface area (Å²) in [6.07, 6.45) is -0.553. The minimum absolute atomic E-state index is 0.0514. The molecular formula is C8H8F2N2O3. The van der Waals surface area contributed by atoms with Crippen LogP contribution in [0.3, 0.4) is 0 Å². The Balaban J connectivity index is 2.52. The summed E-state index contributed by atoms with van der Waals surface area (Å²) in [6.45, 7) is -0.757. The molecule has 0 radical (unpaired) electrons. The van der Waals surface area contributed by atoms with Gasteiger partial charge < -0.3 is 9.84 Å². The first-order valence-electron chi connectivity index (χ1n) is 4.01. The fourth-order valence-corrected chi connectivity index (χ4v) is 0.812. The monoisotopic (exact) mass is 218 g/mol. The van der Waals surface area contributed by atoms with E-state index in [4.69, 9.17) is 5.11 Å². The summed E-state index contributed by atoms with van der Waals surface area (Å²) in [5.41, 5.74) is 0.242. The molecule has 0 saturated heterocycles. The van der Waals surface area contributed by atoms with Crippen LogP contribution in [0.5, 0.6) is 5.88 Å². The van der Waals surface area contributed by atoms with Gasteiger partial charge in [0.1, 0.15) is 0 Å². The first-order valence-corrected chi connectivity index (χ1v) is 4.01. The van der Waals surface area contributed by atoms with Crippen LogP contribution in [0, 0.1) is 0 Å². The Hall–Kier alpha value is -1.79. The number of carboxylic acids is 1. The van der Waals surface area contributed by atoms with Crippen LogP contribution >= 0.6 is 0 Å². The van der Waals surface area contributed by atoms with Crippen LogP contribution in [0.25, 0.3) is 0 Å². The molecule has 0 aliphatic heterocycles. The normalized spacial score (nSPS) is 10.3. The molecular weight excluding hydrogens is 210 g/mol. The average molecular weight is 218 g/mol. The molecule has 1 heterocycles. The van der Waals surface area contributed by atoms with Crippen molar-refractivity contribution in [3.8, 4) is 5.88 Å². The zero-order valence-corrected chi connectivity index (χ0v) is 7.56. The standard InChI is InChI=1S/C8H8F2N2O3/c9-6(10)4-15-7-3-11-5(2-12-7)1-8(13)14/h2-3,6H,1,4H2,(H,13,14). The Bertz CT molecular complexity index is 329. The molecule has 0 aliphatic carbocycles. The van der Waals surface area contributed by atoms with Crippen molar-refractivity contribution in [3.05, 3.63) is 18.1 Å². The minimum Gasteiger partial charge on any atom is -0.481 e. The van der Waals surface area contributed by atoms with Gasteiger partial charge in [0.15, 0.2) is 6.61 Å². The van der Waals surface area contributed by atoms with Crippen molar-refractivity contribution in [2.24, 2.45) is 0 Å². The maximum absolute atomic E-state index is 11.7. The first kappa shape index (κ1) is 11.3. The molecule has 0 fully saturated rings. The van der Waals surface area contributed by atoms with Crippen molar-refractivity contribution in [2.75, 3.05) is 6.61 Å². The summed E-state index contributed by atoms with van der Waals surface area (Å²) in [7, 11) is 0. The van der Waals surface area contributed by atoms with Crippen molar-refractivity contribution in [3.63, 3.8) is 0 Å². The number of hydrogen-bond acceptors (Lipinski definition) is 4. The van der Waals surface area contributed by atoms with E-state index in [9.17, 15) is 13.6 Å². The van der Waals surface area contributed by atoms with E-state index >= 15 is 0 Å². The average Bonchev–Trinajstić information content (AvgIpc) is 2.16. The van der Waals surface area contributed by atoms with E-state index in [1.807, 2.05) is 0 Å².